The maximum Gasteiger partial charge on any atom is 0.203 e. The molecule has 0 saturated heterocycles. The van der Waals surface area contributed by atoms with Gasteiger partial charge in [-0.3, -0.25) is 4.98 Å². The first-order valence-corrected chi connectivity index (χ1v) is 7.80. The van der Waals surface area contributed by atoms with Crippen LogP contribution in [0.25, 0.3) is 0 Å². The van der Waals surface area contributed by atoms with Crippen molar-refractivity contribution in [1.29, 1.82) is 0 Å². The van der Waals surface area contributed by atoms with Gasteiger partial charge in [0.05, 0.1) is 0 Å². The number of rotatable bonds is 4. The van der Waals surface area contributed by atoms with Crippen LogP contribution in [0.3, 0.4) is 0 Å². The molecule has 1 unspecified atom stereocenters. The highest BCUT2D eigenvalue weighted by Crippen LogP contribution is 2.29. The summed E-state index contributed by atoms with van der Waals surface area (Å²) >= 11 is 1.46. The number of nitrogen functional groups attached to an aromatic ring is 1. The molecule has 0 radical (unpaired) electrons. The fourth-order valence-corrected chi connectivity index (χ4v) is 3.20. The Balaban J connectivity index is 1.66. The number of hydrogen-bond acceptors (Lipinski definition) is 5. The van der Waals surface area contributed by atoms with Gasteiger partial charge < -0.3 is 5.73 Å². The fourth-order valence-electron chi connectivity index (χ4n) is 2.59. The average Bonchev–Trinajstić information content (AvgIpc) is 2.92. The summed E-state index contributed by atoms with van der Waals surface area (Å²) in [4.78, 5) is 4.46. The zero-order chi connectivity index (χ0) is 13.8. The van der Waals surface area contributed by atoms with Gasteiger partial charge in [0.15, 0.2) is 0 Å². The van der Waals surface area contributed by atoms with Crippen molar-refractivity contribution in [3.05, 3.63) is 46.7 Å². The molecule has 2 aromatic rings. The van der Waals surface area contributed by atoms with E-state index >= 15 is 0 Å². The van der Waals surface area contributed by atoms with Crippen LogP contribution in [-0.4, -0.2) is 15.2 Å². The third kappa shape index (κ3) is 3.22. The Hall–Kier alpha value is -1.75. The first kappa shape index (κ1) is 13.2. The zero-order valence-electron chi connectivity index (χ0n) is 11.3. The van der Waals surface area contributed by atoms with Crippen molar-refractivity contribution in [2.45, 2.75) is 38.0 Å². The molecule has 1 atom stereocenters. The molecule has 3 rings (SSSR count). The van der Waals surface area contributed by atoms with Gasteiger partial charge in [-0.25, -0.2) is 0 Å². The molecule has 2 N–H and O–H groups in total. The van der Waals surface area contributed by atoms with Crippen LogP contribution in [0.4, 0.5) is 5.13 Å². The Morgan fingerprint density at radius 3 is 2.95 bits per heavy atom. The highest BCUT2D eigenvalue weighted by Gasteiger charge is 2.13. The van der Waals surface area contributed by atoms with Gasteiger partial charge in [0.2, 0.25) is 5.13 Å². The van der Waals surface area contributed by atoms with E-state index in [1.165, 1.54) is 29.7 Å². The Morgan fingerprint density at radius 2 is 2.20 bits per heavy atom. The van der Waals surface area contributed by atoms with E-state index in [-0.39, 0.29) is 0 Å². The smallest absolute Gasteiger partial charge is 0.203 e. The predicted molar refractivity (Wildman–Crippen MR) is 81.7 cm³/mol. The van der Waals surface area contributed by atoms with Crippen LogP contribution in [0.1, 0.15) is 41.4 Å². The Kier molecular flexibility index (Phi) is 4.06. The van der Waals surface area contributed by atoms with E-state index in [1.807, 2.05) is 6.20 Å². The van der Waals surface area contributed by atoms with Crippen molar-refractivity contribution in [3.8, 4) is 0 Å². The molecule has 4 nitrogen and oxygen atoms in total. The van der Waals surface area contributed by atoms with E-state index in [0.29, 0.717) is 11.0 Å². The second-order valence-corrected chi connectivity index (χ2v) is 6.19. The van der Waals surface area contributed by atoms with E-state index in [2.05, 4.69) is 39.5 Å². The topological polar surface area (TPSA) is 64.7 Å². The number of pyridine rings is 1. The maximum atomic E-state index is 5.59. The van der Waals surface area contributed by atoms with Crippen LogP contribution in [0.15, 0.2) is 30.5 Å². The van der Waals surface area contributed by atoms with Crippen LogP contribution in [0.5, 0.6) is 0 Å². The van der Waals surface area contributed by atoms with Crippen molar-refractivity contribution in [3.63, 3.8) is 0 Å². The molecule has 0 bridgehead atoms. The number of hydrogen-bond donors (Lipinski definition) is 1. The molecular formula is C15H18N4S. The van der Waals surface area contributed by atoms with Gasteiger partial charge in [0.1, 0.15) is 5.01 Å². The van der Waals surface area contributed by atoms with Gasteiger partial charge in [0.25, 0.3) is 0 Å². The first-order valence-electron chi connectivity index (χ1n) is 6.99. The first-order chi connectivity index (χ1) is 9.81. The molecule has 2 heterocycles. The van der Waals surface area contributed by atoms with Crippen LogP contribution in [0.2, 0.25) is 0 Å². The van der Waals surface area contributed by atoms with Gasteiger partial charge >= 0.3 is 0 Å². The number of aryl methyl sites for hydroxylation is 2. The summed E-state index contributed by atoms with van der Waals surface area (Å²) < 4.78 is 0. The summed E-state index contributed by atoms with van der Waals surface area (Å²) in [5.74, 6) is 0.652. The minimum absolute atomic E-state index is 0.538. The number of allylic oxidation sites excluding steroid dienone is 2. The summed E-state index contributed by atoms with van der Waals surface area (Å²) in [5.41, 5.74) is 8.14. The summed E-state index contributed by atoms with van der Waals surface area (Å²) in [6, 6.07) is 4.39. The Morgan fingerprint density at radius 1 is 1.25 bits per heavy atom. The lowest BCUT2D eigenvalue weighted by molar-refractivity contribution is 0.615. The summed E-state index contributed by atoms with van der Waals surface area (Å²) in [6.45, 7) is 0. The van der Waals surface area contributed by atoms with E-state index < -0.39 is 0 Å². The quantitative estimate of drug-likeness (QED) is 0.877. The predicted octanol–water partition coefficient (Wildman–Crippen LogP) is 3.12. The number of aromatic nitrogens is 3. The molecule has 2 aromatic heterocycles. The minimum Gasteiger partial charge on any atom is -0.374 e. The largest absolute Gasteiger partial charge is 0.374 e. The summed E-state index contributed by atoms with van der Waals surface area (Å²) in [5, 5.41) is 9.41. The molecule has 0 aromatic carbocycles. The molecule has 0 amide bonds. The maximum absolute atomic E-state index is 5.59. The van der Waals surface area contributed by atoms with Gasteiger partial charge in [-0.05, 0) is 49.3 Å². The lowest BCUT2D eigenvalue weighted by Gasteiger charge is -2.18. The molecular weight excluding hydrogens is 268 g/mol. The molecule has 5 heteroatoms. The molecule has 0 aliphatic heterocycles. The third-order valence-electron chi connectivity index (χ3n) is 3.66. The van der Waals surface area contributed by atoms with E-state index in [0.717, 1.165) is 30.0 Å². The fraction of sp³-hybridized carbons (Fsp3) is 0.400. The van der Waals surface area contributed by atoms with Crippen LogP contribution in [0, 0.1) is 0 Å². The minimum atomic E-state index is 0.538. The van der Waals surface area contributed by atoms with Crippen molar-refractivity contribution < 1.29 is 0 Å². The van der Waals surface area contributed by atoms with Crippen LogP contribution < -0.4 is 5.73 Å². The van der Waals surface area contributed by atoms with Crippen LogP contribution >= 0.6 is 11.3 Å². The van der Waals surface area contributed by atoms with E-state index in [9.17, 15) is 0 Å². The molecule has 104 valence electrons. The highest BCUT2D eigenvalue weighted by molar-refractivity contribution is 7.15. The van der Waals surface area contributed by atoms with Crippen molar-refractivity contribution >= 4 is 16.5 Å². The lowest BCUT2D eigenvalue weighted by atomic mass is 9.88. The molecule has 1 aliphatic carbocycles. The summed E-state index contributed by atoms with van der Waals surface area (Å²) in [6.07, 6.45) is 11.8. The summed E-state index contributed by atoms with van der Waals surface area (Å²) in [7, 11) is 0. The SMILES string of the molecule is Nc1nnc(CCc2cc(C3CC=CCC3)ccn2)s1. The van der Waals surface area contributed by atoms with E-state index in [1.54, 1.807) is 0 Å². The second-order valence-electron chi connectivity index (χ2n) is 5.10. The lowest BCUT2D eigenvalue weighted by Crippen LogP contribution is -2.03. The molecule has 0 spiro atoms. The number of nitrogens with two attached hydrogens (primary N) is 1. The Bertz CT molecular complexity index is 605. The molecule has 0 saturated carbocycles. The zero-order valence-corrected chi connectivity index (χ0v) is 12.1. The van der Waals surface area contributed by atoms with E-state index in [4.69, 9.17) is 5.73 Å². The van der Waals surface area contributed by atoms with Gasteiger partial charge in [-0.2, -0.15) is 0 Å². The van der Waals surface area contributed by atoms with Crippen molar-refractivity contribution in [2.75, 3.05) is 5.73 Å². The van der Waals surface area contributed by atoms with Gasteiger partial charge in [-0.15, -0.1) is 10.2 Å². The molecule has 0 fully saturated rings. The number of nitrogens with zero attached hydrogens (tertiary/aromatic N) is 3. The van der Waals surface area contributed by atoms with Gasteiger partial charge in [0, 0.05) is 18.3 Å². The normalized spacial score (nSPS) is 18.3. The van der Waals surface area contributed by atoms with Crippen molar-refractivity contribution in [2.24, 2.45) is 0 Å². The molecule has 20 heavy (non-hydrogen) atoms. The number of anilines is 1. The molecule has 1 aliphatic rings. The standard InChI is InChI=1S/C15H18N4S/c16-15-19-18-14(20-15)7-6-13-10-12(8-9-17-13)11-4-2-1-3-5-11/h1-2,8-11H,3-7H2,(H2,16,19). The van der Waals surface area contributed by atoms with Gasteiger partial charge in [-0.1, -0.05) is 23.5 Å². The second kappa shape index (κ2) is 6.13. The van der Waals surface area contributed by atoms with Crippen molar-refractivity contribution in [1.82, 2.24) is 15.2 Å². The highest BCUT2D eigenvalue weighted by atomic mass is 32.1. The Labute approximate surface area is 122 Å². The third-order valence-corrected chi connectivity index (χ3v) is 4.47. The van der Waals surface area contributed by atoms with Crippen LogP contribution in [-0.2, 0) is 12.8 Å². The monoisotopic (exact) mass is 286 g/mol. The average molecular weight is 286 g/mol.